The highest BCUT2D eigenvalue weighted by molar-refractivity contribution is 5.83. The number of carbonyl (C=O) groups excluding carboxylic acids is 1. The van der Waals surface area contributed by atoms with E-state index in [0.29, 0.717) is 11.4 Å². The van der Waals surface area contributed by atoms with Gasteiger partial charge in [0.1, 0.15) is 23.6 Å². The van der Waals surface area contributed by atoms with Crippen LogP contribution in [0.2, 0.25) is 0 Å². The summed E-state index contributed by atoms with van der Waals surface area (Å²) in [7, 11) is 0. The van der Waals surface area contributed by atoms with E-state index < -0.39 is 59.5 Å². The van der Waals surface area contributed by atoms with Crippen molar-refractivity contribution in [3.63, 3.8) is 0 Å². The molecule has 38 heavy (non-hydrogen) atoms. The van der Waals surface area contributed by atoms with Crippen LogP contribution in [0.3, 0.4) is 0 Å². The van der Waals surface area contributed by atoms with Crippen LogP contribution in [0.25, 0.3) is 0 Å². The van der Waals surface area contributed by atoms with Gasteiger partial charge in [-0.05, 0) is 25.5 Å². The first-order valence-corrected chi connectivity index (χ1v) is 11.7. The Kier molecular flexibility index (Phi) is 7.54. The molecule has 1 unspecified atom stereocenters. The molecule has 0 bridgehead atoms. The van der Waals surface area contributed by atoms with Crippen LogP contribution < -0.4 is 15.8 Å². The number of rotatable bonds is 7. The zero-order valence-corrected chi connectivity index (χ0v) is 20.1. The molecule has 2 aromatic heterocycles. The van der Waals surface area contributed by atoms with Crippen LogP contribution in [0, 0.1) is 11.3 Å². The zero-order chi connectivity index (χ0) is 27.7. The normalized spacial score (nSPS) is 22.3. The number of amides is 1. The lowest BCUT2D eigenvalue weighted by Crippen LogP contribution is -2.59. The van der Waals surface area contributed by atoms with Crippen molar-refractivity contribution in [1.82, 2.24) is 20.1 Å². The molecule has 15 heteroatoms. The summed E-state index contributed by atoms with van der Waals surface area (Å²) in [5.41, 5.74) is -3.07. The van der Waals surface area contributed by atoms with E-state index in [1.165, 1.54) is 30.2 Å². The number of nitrogens with zero attached hydrogens (tertiary/aromatic N) is 5. The minimum atomic E-state index is -4.92. The largest absolute Gasteiger partial charge is 0.423 e. The molecule has 2 saturated heterocycles. The second kappa shape index (κ2) is 10.5. The number of hydrogen-bond acceptors (Lipinski definition) is 8. The summed E-state index contributed by atoms with van der Waals surface area (Å²) < 4.78 is 75.5. The Labute approximate surface area is 213 Å². The standard InChI is InChI=1S/C23H24F5N7O3/c1-13(32-15-10-31-33-20(36)19(15)23(26,27)28)11-38-16-4-7-35(21(16)37)17-5-6-34(12-22(17,24)25)18-3-2-14(8-29)9-30-18/h2-3,9-10,13,16-17H,4-7,11-12H2,1H3,(H2,32,33,36)/t13?,16-,17-/m1/s1. The van der Waals surface area contributed by atoms with Crippen molar-refractivity contribution in [3.05, 3.63) is 46.0 Å². The minimum Gasteiger partial charge on any atom is -0.378 e. The van der Waals surface area contributed by atoms with Crippen molar-refractivity contribution in [2.45, 2.75) is 50.1 Å². The average Bonchev–Trinajstić information content (AvgIpc) is 3.21. The van der Waals surface area contributed by atoms with Gasteiger partial charge in [0.25, 0.3) is 17.4 Å². The number of anilines is 2. The molecule has 2 fully saturated rings. The zero-order valence-electron chi connectivity index (χ0n) is 20.1. The van der Waals surface area contributed by atoms with Gasteiger partial charge in [-0.3, -0.25) is 9.59 Å². The van der Waals surface area contributed by atoms with Crippen LogP contribution in [0.15, 0.2) is 29.3 Å². The maximum absolute atomic E-state index is 15.1. The number of aromatic amines is 1. The van der Waals surface area contributed by atoms with Gasteiger partial charge in [-0.15, -0.1) is 0 Å². The first-order chi connectivity index (χ1) is 17.9. The fraction of sp³-hybridized carbons (Fsp3) is 0.522. The number of carbonyl (C=O) groups is 1. The molecule has 1 amide bonds. The van der Waals surface area contributed by atoms with E-state index in [1.807, 2.05) is 6.07 Å². The predicted molar refractivity (Wildman–Crippen MR) is 124 cm³/mol. The number of likely N-dealkylation sites (tertiary alicyclic amines) is 1. The van der Waals surface area contributed by atoms with Gasteiger partial charge < -0.3 is 19.9 Å². The number of halogens is 5. The molecular formula is C23H24F5N7O3. The molecule has 2 aliphatic heterocycles. The molecule has 3 atom stereocenters. The van der Waals surface area contributed by atoms with Crippen LogP contribution in [-0.4, -0.2) is 76.3 Å². The van der Waals surface area contributed by atoms with Crippen LogP contribution in [-0.2, 0) is 15.7 Å². The summed E-state index contributed by atoms with van der Waals surface area (Å²) in [4.78, 5) is 31.1. The van der Waals surface area contributed by atoms with Gasteiger partial charge in [-0.25, -0.2) is 18.9 Å². The van der Waals surface area contributed by atoms with Crippen molar-refractivity contribution in [2.24, 2.45) is 0 Å². The van der Waals surface area contributed by atoms with Crippen molar-refractivity contribution in [3.8, 4) is 6.07 Å². The molecule has 0 radical (unpaired) electrons. The fourth-order valence-corrected chi connectivity index (χ4v) is 4.64. The smallest absolute Gasteiger partial charge is 0.378 e. The van der Waals surface area contributed by atoms with Crippen LogP contribution in [0.4, 0.5) is 33.5 Å². The monoisotopic (exact) mass is 541 g/mol. The lowest BCUT2D eigenvalue weighted by Gasteiger charge is -2.42. The fourth-order valence-electron chi connectivity index (χ4n) is 4.64. The Hall–Kier alpha value is -3.80. The summed E-state index contributed by atoms with van der Waals surface area (Å²) >= 11 is 0. The maximum Gasteiger partial charge on any atom is 0.423 e. The number of ether oxygens (including phenoxy) is 1. The molecule has 2 N–H and O–H groups in total. The topological polar surface area (TPSA) is 127 Å². The molecule has 0 aromatic carbocycles. The summed E-state index contributed by atoms with van der Waals surface area (Å²) in [6, 6.07) is 2.80. The first-order valence-electron chi connectivity index (χ1n) is 11.7. The number of nitrogens with one attached hydrogen (secondary N) is 2. The van der Waals surface area contributed by atoms with Crippen molar-refractivity contribution in [1.29, 1.82) is 5.26 Å². The molecule has 0 saturated carbocycles. The highest BCUT2D eigenvalue weighted by Crippen LogP contribution is 2.36. The Balaban J connectivity index is 1.34. The Morgan fingerprint density at radius 1 is 1.26 bits per heavy atom. The third kappa shape index (κ3) is 5.69. The Bertz CT molecular complexity index is 1260. The summed E-state index contributed by atoms with van der Waals surface area (Å²) in [5.74, 6) is -3.54. The van der Waals surface area contributed by atoms with E-state index in [0.717, 1.165) is 11.1 Å². The molecule has 2 aromatic rings. The third-order valence-corrected chi connectivity index (χ3v) is 6.42. The molecule has 0 spiro atoms. The highest BCUT2D eigenvalue weighted by atomic mass is 19.4. The number of piperidine rings is 1. The van der Waals surface area contributed by atoms with Gasteiger partial charge in [-0.1, -0.05) is 0 Å². The molecule has 4 rings (SSSR count). The number of H-pyrrole nitrogens is 1. The van der Waals surface area contributed by atoms with Gasteiger partial charge in [0.15, 0.2) is 0 Å². The van der Waals surface area contributed by atoms with Gasteiger partial charge in [0, 0.05) is 31.7 Å². The van der Waals surface area contributed by atoms with E-state index in [-0.39, 0.29) is 32.5 Å². The van der Waals surface area contributed by atoms with E-state index in [1.54, 1.807) is 5.10 Å². The number of aromatic nitrogens is 3. The maximum atomic E-state index is 15.1. The third-order valence-electron chi connectivity index (χ3n) is 6.42. The number of hydrogen-bond donors (Lipinski definition) is 2. The SMILES string of the molecule is CC(CO[C@@H]1CCN([C@@H]2CCN(c3ccc(C#N)cn3)CC2(F)F)C1=O)Nc1cn[nH]c(=O)c1C(F)(F)F. The van der Waals surface area contributed by atoms with Gasteiger partial charge in [0.05, 0.1) is 36.6 Å². The van der Waals surface area contributed by atoms with E-state index in [9.17, 15) is 22.8 Å². The highest BCUT2D eigenvalue weighted by Gasteiger charge is 2.51. The number of pyridine rings is 1. The Morgan fingerprint density at radius 3 is 2.66 bits per heavy atom. The predicted octanol–water partition coefficient (Wildman–Crippen LogP) is 2.39. The molecule has 0 aliphatic carbocycles. The number of alkyl halides is 5. The molecule has 4 heterocycles. The van der Waals surface area contributed by atoms with Gasteiger partial charge in [-0.2, -0.15) is 23.5 Å². The second-order valence-corrected chi connectivity index (χ2v) is 9.18. The lowest BCUT2D eigenvalue weighted by molar-refractivity contribution is -0.149. The van der Waals surface area contributed by atoms with Crippen molar-refractivity contribution in [2.75, 3.05) is 36.5 Å². The Morgan fingerprint density at radius 2 is 2.03 bits per heavy atom. The first kappa shape index (κ1) is 27.2. The summed E-state index contributed by atoms with van der Waals surface area (Å²) in [6.07, 6.45) is -3.67. The van der Waals surface area contributed by atoms with Crippen molar-refractivity contribution < 1.29 is 31.5 Å². The minimum absolute atomic E-state index is 0.0130. The van der Waals surface area contributed by atoms with Crippen molar-refractivity contribution >= 4 is 17.4 Å². The molecular weight excluding hydrogens is 517 g/mol. The van der Waals surface area contributed by atoms with E-state index >= 15 is 8.78 Å². The van der Waals surface area contributed by atoms with Crippen LogP contribution in [0.5, 0.6) is 0 Å². The molecule has 204 valence electrons. The number of nitriles is 1. The summed E-state index contributed by atoms with van der Waals surface area (Å²) in [6.45, 7) is 0.893. The quantitative estimate of drug-likeness (QED) is 0.512. The van der Waals surface area contributed by atoms with Crippen LogP contribution >= 0.6 is 0 Å². The lowest BCUT2D eigenvalue weighted by atomic mass is 9.99. The summed E-state index contributed by atoms with van der Waals surface area (Å²) in [5, 5.41) is 16.5. The van der Waals surface area contributed by atoms with Crippen LogP contribution in [0.1, 0.15) is 30.9 Å². The van der Waals surface area contributed by atoms with E-state index in [4.69, 9.17) is 10.00 Å². The van der Waals surface area contributed by atoms with E-state index in [2.05, 4.69) is 15.4 Å². The molecule has 10 nitrogen and oxygen atoms in total. The van der Waals surface area contributed by atoms with Gasteiger partial charge in [0.2, 0.25) is 0 Å². The van der Waals surface area contributed by atoms with Gasteiger partial charge >= 0.3 is 6.18 Å². The molecule has 2 aliphatic rings. The second-order valence-electron chi connectivity index (χ2n) is 9.18. The average molecular weight is 541 g/mol.